The predicted octanol–water partition coefficient (Wildman–Crippen LogP) is 3.46. The summed E-state index contributed by atoms with van der Waals surface area (Å²) in [6, 6.07) is 8.70. The molecule has 0 aliphatic heterocycles. The van der Waals surface area contributed by atoms with Crippen molar-refractivity contribution in [1.29, 1.82) is 0 Å². The summed E-state index contributed by atoms with van der Waals surface area (Å²) in [6.45, 7) is 1.98. The van der Waals surface area contributed by atoms with Gasteiger partial charge in [-0.15, -0.1) is 0 Å². The van der Waals surface area contributed by atoms with E-state index >= 15 is 0 Å². The van der Waals surface area contributed by atoms with Gasteiger partial charge in [0.1, 0.15) is 6.04 Å². The van der Waals surface area contributed by atoms with Gasteiger partial charge in [0.05, 0.1) is 7.11 Å². The van der Waals surface area contributed by atoms with Crippen molar-refractivity contribution in [1.82, 2.24) is 9.88 Å². The maximum absolute atomic E-state index is 12.9. The SMILES string of the molecule is COC(=O)C(Cc1ccc(-n2ccc(C=O)c2)cc1)NC(=O)C1(C)CCCCC1. The zero-order chi connectivity index (χ0) is 20.9. The summed E-state index contributed by atoms with van der Waals surface area (Å²) in [5.41, 5.74) is 2.02. The second-order valence-electron chi connectivity index (χ2n) is 8.01. The van der Waals surface area contributed by atoms with Crippen LogP contribution < -0.4 is 5.32 Å². The van der Waals surface area contributed by atoms with Crippen molar-refractivity contribution in [3.63, 3.8) is 0 Å². The van der Waals surface area contributed by atoms with E-state index < -0.39 is 17.4 Å². The lowest BCUT2D eigenvalue weighted by atomic mass is 9.75. The van der Waals surface area contributed by atoms with Crippen LogP contribution in [0.2, 0.25) is 0 Å². The highest BCUT2D eigenvalue weighted by Gasteiger charge is 2.36. The molecule has 1 heterocycles. The summed E-state index contributed by atoms with van der Waals surface area (Å²) in [7, 11) is 1.34. The number of aldehydes is 1. The Hall–Kier alpha value is -2.89. The molecule has 6 nitrogen and oxygen atoms in total. The van der Waals surface area contributed by atoms with Crippen LogP contribution in [0.1, 0.15) is 54.9 Å². The first kappa shape index (κ1) is 20.8. The molecule has 1 N–H and O–H groups in total. The summed E-state index contributed by atoms with van der Waals surface area (Å²) in [4.78, 5) is 36.0. The molecule has 1 aliphatic rings. The number of benzene rings is 1. The van der Waals surface area contributed by atoms with Crippen molar-refractivity contribution < 1.29 is 19.1 Å². The van der Waals surface area contributed by atoms with Crippen molar-refractivity contribution in [2.24, 2.45) is 5.41 Å². The standard InChI is InChI=1S/C23H28N2O4/c1-23(11-4-3-5-12-23)22(28)24-20(21(27)29-2)14-17-6-8-19(9-7-17)25-13-10-18(15-25)16-26/h6-10,13,15-16,20H,3-5,11-12,14H2,1-2H3,(H,24,28). The van der Waals surface area contributed by atoms with Gasteiger partial charge in [0, 0.05) is 35.5 Å². The van der Waals surface area contributed by atoms with E-state index in [-0.39, 0.29) is 5.91 Å². The Kier molecular flexibility index (Phi) is 6.52. The third-order valence-electron chi connectivity index (χ3n) is 5.82. The van der Waals surface area contributed by atoms with E-state index in [1.165, 1.54) is 7.11 Å². The topological polar surface area (TPSA) is 77.4 Å². The maximum atomic E-state index is 12.9. The van der Waals surface area contributed by atoms with Crippen LogP contribution in [0.5, 0.6) is 0 Å². The van der Waals surface area contributed by atoms with Gasteiger partial charge in [0.15, 0.2) is 6.29 Å². The predicted molar refractivity (Wildman–Crippen MR) is 110 cm³/mol. The third kappa shape index (κ3) is 4.94. The maximum Gasteiger partial charge on any atom is 0.328 e. The molecule has 1 aromatic carbocycles. The van der Waals surface area contributed by atoms with Crippen LogP contribution in [0.15, 0.2) is 42.7 Å². The molecule has 1 unspecified atom stereocenters. The number of ether oxygens (including phenoxy) is 1. The van der Waals surface area contributed by atoms with Crippen LogP contribution >= 0.6 is 0 Å². The van der Waals surface area contributed by atoms with Gasteiger partial charge in [0.2, 0.25) is 5.91 Å². The third-order valence-corrected chi connectivity index (χ3v) is 5.82. The minimum atomic E-state index is -0.717. The second-order valence-corrected chi connectivity index (χ2v) is 8.01. The van der Waals surface area contributed by atoms with Crippen LogP contribution in [0, 0.1) is 5.41 Å². The van der Waals surface area contributed by atoms with E-state index in [1.54, 1.807) is 12.3 Å². The fraction of sp³-hybridized carbons (Fsp3) is 0.435. The van der Waals surface area contributed by atoms with E-state index in [0.29, 0.717) is 12.0 Å². The van der Waals surface area contributed by atoms with E-state index in [9.17, 15) is 14.4 Å². The molecule has 1 amide bonds. The van der Waals surface area contributed by atoms with Crippen molar-refractivity contribution in [2.45, 2.75) is 51.5 Å². The number of hydrogen-bond acceptors (Lipinski definition) is 4. The Morgan fingerprint density at radius 3 is 2.45 bits per heavy atom. The van der Waals surface area contributed by atoms with Crippen molar-refractivity contribution in [2.75, 3.05) is 7.11 Å². The number of carbonyl (C=O) groups is 3. The van der Waals surface area contributed by atoms with E-state index in [4.69, 9.17) is 4.74 Å². The molecule has 3 rings (SSSR count). The van der Waals surface area contributed by atoms with Crippen LogP contribution in [0.3, 0.4) is 0 Å². The fourth-order valence-corrected chi connectivity index (χ4v) is 3.91. The lowest BCUT2D eigenvalue weighted by molar-refractivity contribution is -0.146. The van der Waals surface area contributed by atoms with Crippen LogP contribution in [0.4, 0.5) is 0 Å². The average Bonchev–Trinajstić information content (AvgIpc) is 3.23. The van der Waals surface area contributed by atoms with E-state index in [1.807, 2.05) is 42.0 Å². The Morgan fingerprint density at radius 1 is 1.17 bits per heavy atom. The molecular weight excluding hydrogens is 368 g/mol. The zero-order valence-corrected chi connectivity index (χ0v) is 17.0. The molecule has 0 radical (unpaired) electrons. The number of aromatic nitrogens is 1. The molecule has 0 bridgehead atoms. The highest BCUT2D eigenvalue weighted by atomic mass is 16.5. The molecule has 1 aliphatic carbocycles. The minimum absolute atomic E-state index is 0.0713. The second kappa shape index (κ2) is 9.07. The van der Waals surface area contributed by atoms with Crippen molar-refractivity contribution in [3.8, 4) is 5.69 Å². The van der Waals surface area contributed by atoms with Crippen LogP contribution in [0.25, 0.3) is 5.69 Å². The summed E-state index contributed by atoms with van der Waals surface area (Å²) in [5.74, 6) is -0.513. The van der Waals surface area contributed by atoms with Gasteiger partial charge in [-0.1, -0.05) is 38.3 Å². The number of esters is 1. The molecule has 1 saturated carbocycles. The normalized spacial score (nSPS) is 16.6. The number of nitrogens with one attached hydrogen (secondary N) is 1. The Labute approximate surface area is 171 Å². The minimum Gasteiger partial charge on any atom is -0.467 e. The smallest absolute Gasteiger partial charge is 0.328 e. The fourth-order valence-electron chi connectivity index (χ4n) is 3.91. The Balaban J connectivity index is 1.70. The number of rotatable bonds is 7. The van der Waals surface area contributed by atoms with Gasteiger partial charge in [-0.3, -0.25) is 9.59 Å². The Morgan fingerprint density at radius 2 is 1.86 bits per heavy atom. The van der Waals surface area contributed by atoms with Gasteiger partial charge >= 0.3 is 5.97 Å². The molecule has 29 heavy (non-hydrogen) atoms. The monoisotopic (exact) mass is 396 g/mol. The summed E-state index contributed by atoms with van der Waals surface area (Å²) in [5, 5.41) is 2.93. The number of nitrogens with zero attached hydrogens (tertiary/aromatic N) is 1. The molecular formula is C23H28N2O4. The zero-order valence-electron chi connectivity index (χ0n) is 17.0. The van der Waals surface area contributed by atoms with E-state index in [2.05, 4.69) is 5.32 Å². The van der Waals surface area contributed by atoms with Gasteiger partial charge in [-0.05, 0) is 36.6 Å². The first-order valence-electron chi connectivity index (χ1n) is 10.1. The molecule has 6 heteroatoms. The molecule has 1 fully saturated rings. The highest BCUT2D eigenvalue weighted by molar-refractivity contribution is 5.88. The molecule has 1 atom stereocenters. The summed E-state index contributed by atoms with van der Waals surface area (Å²) in [6.07, 6.45) is 9.68. The summed E-state index contributed by atoms with van der Waals surface area (Å²) >= 11 is 0. The number of hydrogen-bond donors (Lipinski definition) is 1. The van der Waals surface area contributed by atoms with Gasteiger partial charge in [-0.25, -0.2) is 4.79 Å². The number of carbonyl (C=O) groups excluding carboxylic acids is 3. The van der Waals surface area contributed by atoms with Crippen molar-refractivity contribution in [3.05, 3.63) is 53.9 Å². The van der Waals surface area contributed by atoms with E-state index in [0.717, 1.165) is 49.6 Å². The van der Waals surface area contributed by atoms with Gasteiger partial charge < -0.3 is 14.6 Å². The first-order chi connectivity index (χ1) is 13.9. The van der Waals surface area contributed by atoms with Gasteiger partial charge in [-0.2, -0.15) is 0 Å². The average molecular weight is 396 g/mol. The number of amides is 1. The highest BCUT2D eigenvalue weighted by Crippen LogP contribution is 2.36. The van der Waals surface area contributed by atoms with Crippen LogP contribution in [-0.4, -0.2) is 35.9 Å². The largest absolute Gasteiger partial charge is 0.467 e. The molecule has 154 valence electrons. The summed E-state index contributed by atoms with van der Waals surface area (Å²) < 4.78 is 6.78. The number of methoxy groups -OCH3 is 1. The molecule has 0 spiro atoms. The molecule has 1 aromatic heterocycles. The lowest BCUT2D eigenvalue weighted by Crippen LogP contribution is -2.49. The molecule has 0 saturated heterocycles. The lowest BCUT2D eigenvalue weighted by Gasteiger charge is -2.33. The molecule has 2 aromatic rings. The quantitative estimate of drug-likeness (QED) is 0.574. The first-order valence-corrected chi connectivity index (χ1v) is 10.1. The Bertz CT molecular complexity index is 863. The van der Waals surface area contributed by atoms with Crippen molar-refractivity contribution >= 4 is 18.2 Å². The van der Waals surface area contributed by atoms with Crippen LogP contribution in [-0.2, 0) is 20.7 Å². The van der Waals surface area contributed by atoms with Gasteiger partial charge in [0.25, 0.3) is 0 Å².